The van der Waals surface area contributed by atoms with Crippen LogP contribution >= 0.6 is 15.9 Å². The summed E-state index contributed by atoms with van der Waals surface area (Å²) in [7, 11) is 0. The number of likely N-dealkylation sites (N-methyl/N-ethyl adjacent to an activating group) is 1. The van der Waals surface area contributed by atoms with E-state index in [0.29, 0.717) is 12.0 Å². The molecule has 1 nitrogen and oxygen atoms in total. The molecule has 0 radical (unpaired) electrons. The van der Waals surface area contributed by atoms with Crippen LogP contribution in [0.5, 0.6) is 0 Å². The number of benzene rings is 2. The second-order valence-electron chi connectivity index (χ2n) is 5.61. The van der Waals surface area contributed by atoms with Crippen LogP contribution in [0.3, 0.4) is 0 Å². The molecule has 1 aliphatic carbocycles. The second-order valence-corrected chi connectivity index (χ2v) is 6.47. The largest absolute Gasteiger partial charge is 0.313 e. The highest BCUT2D eigenvalue weighted by Gasteiger charge is 2.32. The zero-order valence-corrected chi connectivity index (χ0v) is 13.7. The number of nitrogens with one attached hydrogen (secondary N) is 1. The van der Waals surface area contributed by atoms with Gasteiger partial charge in [0.2, 0.25) is 0 Å². The lowest BCUT2D eigenvalue weighted by molar-refractivity contribution is 0.404. The summed E-state index contributed by atoms with van der Waals surface area (Å²) >= 11 is 3.54. The summed E-state index contributed by atoms with van der Waals surface area (Å²) in [5.74, 6) is 0.355. The molecule has 0 saturated carbocycles. The van der Waals surface area contributed by atoms with E-state index in [2.05, 4.69) is 52.4 Å². The van der Waals surface area contributed by atoms with Gasteiger partial charge in [0.05, 0.1) is 0 Å². The second kappa shape index (κ2) is 6.29. The summed E-state index contributed by atoms with van der Waals surface area (Å²) in [6.07, 6.45) is 1.95. The summed E-state index contributed by atoms with van der Waals surface area (Å²) in [5, 5.41) is 3.58. The minimum atomic E-state index is -0.169. The van der Waals surface area contributed by atoms with Crippen LogP contribution in [-0.4, -0.2) is 12.6 Å². The predicted molar refractivity (Wildman–Crippen MR) is 88.2 cm³/mol. The van der Waals surface area contributed by atoms with Crippen molar-refractivity contribution < 1.29 is 4.39 Å². The molecule has 110 valence electrons. The van der Waals surface area contributed by atoms with Crippen molar-refractivity contribution in [2.24, 2.45) is 0 Å². The van der Waals surface area contributed by atoms with Crippen molar-refractivity contribution in [2.75, 3.05) is 6.54 Å². The van der Waals surface area contributed by atoms with E-state index in [1.807, 2.05) is 0 Å². The molecule has 0 fully saturated rings. The molecule has 0 spiro atoms. The number of hydrogen-bond donors (Lipinski definition) is 1. The van der Waals surface area contributed by atoms with E-state index in [1.54, 1.807) is 12.1 Å². The van der Waals surface area contributed by atoms with Gasteiger partial charge in [-0.05, 0) is 54.3 Å². The molecule has 21 heavy (non-hydrogen) atoms. The highest BCUT2D eigenvalue weighted by atomic mass is 79.9. The summed E-state index contributed by atoms with van der Waals surface area (Å²) < 4.78 is 14.5. The Morgan fingerprint density at radius 2 is 2.10 bits per heavy atom. The Bertz CT molecular complexity index is 641. The third-order valence-electron chi connectivity index (χ3n) is 4.29. The van der Waals surface area contributed by atoms with Crippen LogP contribution in [0.25, 0.3) is 0 Å². The molecule has 2 atom stereocenters. The van der Waals surface area contributed by atoms with Crippen molar-refractivity contribution in [1.29, 1.82) is 0 Å². The zero-order valence-electron chi connectivity index (χ0n) is 12.1. The topological polar surface area (TPSA) is 12.0 Å². The number of hydrogen-bond acceptors (Lipinski definition) is 1. The molecule has 3 heteroatoms. The van der Waals surface area contributed by atoms with Crippen molar-refractivity contribution in [3.63, 3.8) is 0 Å². The van der Waals surface area contributed by atoms with Crippen LogP contribution in [0.15, 0.2) is 46.9 Å². The molecule has 0 aliphatic heterocycles. The highest BCUT2D eigenvalue weighted by Crippen LogP contribution is 2.38. The average molecular weight is 348 g/mol. The SMILES string of the molecule is CCNC(Cc1cc(F)ccc1Br)C1Cc2ccccc21. The van der Waals surface area contributed by atoms with Gasteiger partial charge < -0.3 is 5.32 Å². The van der Waals surface area contributed by atoms with Gasteiger partial charge in [0.1, 0.15) is 5.82 Å². The van der Waals surface area contributed by atoms with E-state index in [0.717, 1.165) is 29.4 Å². The van der Waals surface area contributed by atoms with Crippen molar-refractivity contribution in [1.82, 2.24) is 5.32 Å². The first kappa shape index (κ1) is 14.7. The van der Waals surface area contributed by atoms with Gasteiger partial charge in [-0.3, -0.25) is 0 Å². The lowest BCUT2D eigenvalue weighted by Gasteiger charge is -2.37. The van der Waals surface area contributed by atoms with E-state index in [1.165, 1.54) is 17.2 Å². The third kappa shape index (κ3) is 3.04. The Hall–Kier alpha value is -1.19. The van der Waals surface area contributed by atoms with E-state index >= 15 is 0 Å². The number of fused-ring (bicyclic) bond motifs is 1. The summed E-state index contributed by atoms with van der Waals surface area (Å²) in [4.78, 5) is 0. The molecule has 3 rings (SSSR count). The van der Waals surface area contributed by atoms with Gasteiger partial charge in [0.25, 0.3) is 0 Å². The first-order chi connectivity index (χ1) is 10.2. The quantitative estimate of drug-likeness (QED) is 0.842. The predicted octanol–water partition coefficient (Wildman–Crippen LogP) is 4.45. The lowest BCUT2D eigenvalue weighted by atomic mass is 9.72. The van der Waals surface area contributed by atoms with Crippen molar-refractivity contribution in [2.45, 2.75) is 31.7 Å². The van der Waals surface area contributed by atoms with Crippen LogP contribution < -0.4 is 5.32 Å². The lowest BCUT2D eigenvalue weighted by Crippen LogP contribution is -2.41. The van der Waals surface area contributed by atoms with E-state index in [4.69, 9.17) is 0 Å². The maximum absolute atomic E-state index is 13.5. The molecule has 0 aromatic heterocycles. The monoisotopic (exact) mass is 347 g/mol. The normalized spacial score (nSPS) is 18.0. The molecule has 2 unspecified atom stereocenters. The highest BCUT2D eigenvalue weighted by molar-refractivity contribution is 9.10. The van der Waals surface area contributed by atoms with Crippen molar-refractivity contribution >= 4 is 15.9 Å². The molecule has 0 amide bonds. The van der Waals surface area contributed by atoms with Gasteiger partial charge in [0, 0.05) is 16.4 Å². The Balaban J connectivity index is 1.82. The number of halogens is 2. The van der Waals surface area contributed by atoms with Crippen LogP contribution in [-0.2, 0) is 12.8 Å². The molecule has 0 saturated heterocycles. The first-order valence-corrected chi connectivity index (χ1v) is 8.23. The van der Waals surface area contributed by atoms with Gasteiger partial charge >= 0.3 is 0 Å². The van der Waals surface area contributed by atoms with Gasteiger partial charge in [-0.15, -0.1) is 0 Å². The molecule has 2 aromatic carbocycles. The van der Waals surface area contributed by atoms with Gasteiger partial charge in [-0.2, -0.15) is 0 Å². The zero-order chi connectivity index (χ0) is 14.8. The molecule has 1 N–H and O–H groups in total. The minimum absolute atomic E-state index is 0.169. The maximum atomic E-state index is 13.5. The number of rotatable bonds is 5. The van der Waals surface area contributed by atoms with Crippen LogP contribution in [0.1, 0.15) is 29.5 Å². The van der Waals surface area contributed by atoms with Crippen LogP contribution in [0, 0.1) is 5.82 Å². The van der Waals surface area contributed by atoms with Crippen LogP contribution in [0.2, 0.25) is 0 Å². The standard InChI is InChI=1S/C18H19BrFN/c1-2-21-18(11-13-9-14(20)7-8-17(13)19)16-10-12-5-3-4-6-15(12)16/h3-9,16,18,21H,2,10-11H2,1H3. The molecule has 0 bridgehead atoms. The Kier molecular flexibility index (Phi) is 4.41. The van der Waals surface area contributed by atoms with E-state index in [9.17, 15) is 4.39 Å². The Morgan fingerprint density at radius 1 is 1.29 bits per heavy atom. The van der Waals surface area contributed by atoms with Crippen molar-refractivity contribution in [3.8, 4) is 0 Å². The molecular formula is C18H19BrFN. The maximum Gasteiger partial charge on any atom is 0.123 e. The van der Waals surface area contributed by atoms with Crippen LogP contribution in [0.4, 0.5) is 4.39 Å². The van der Waals surface area contributed by atoms with Gasteiger partial charge in [-0.25, -0.2) is 4.39 Å². The summed E-state index contributed by atoms with van der Waals surface area (Å²) in [6, 6.07) is 13.9. The first-order valence-electron chi connectivity index (χ1n) is 7.44. The van der Waals surface area contributed by atoms with Crippen molar-refractivity contribution in [3.05, 3.63) is 69.4 Å². The molecular weight excluding hydrogens is 329 g/mol. The fourth-order valence-electron chi connectivity index (χ4n) is 3.21. The third-order valence-corrected chi connectivity index (χ3v) is 5.07. The average Bonchev–Trinajstić information content (AvgIpc) is 2.44. The fraction of sp³-hybridized carbons (Fsp3) is 0.333. The Labute approximate surface area is 133 Å². The summed E-state index contributed by atoms with van der Waals surface area (Å²) in [6.45, 7) is 3.05. The van der Waals surface area contributed by atoms with E-state index in [-0.39, 0.29) is 5.82 Å². The Morgan fingerprint density at radius 3 is 2.86 bits per heavy atom. The molecule has 2 aromatic rings. The van der Waals surface area contributed by atoms with E-state index < -0.39 is 0 Å². The summed E-state index contributed by atoms with van der Waals surface area (Å²) in [5.41, 5.74) is 3.92. The minimum Gasteiger partial charge on any atom is -0.313 e. The van der Waals surface area contributed by atoms with Gasteiger partial charge in [0.15, 0.2) is 0 Å². The van der Waals surface area contributed by atoms with Gasteiger partial charge in [-0.1, -0.05) is 47.1 Å². The molecule has 0 heterocycles. The smallest absolute Gasteiger partial charge is 0.123 e. The fourth-order valence-corrected chi connectivity index (χ4v) is 3.62. The molecule has 1 aliphatic rings.